The summed E-state index contributed by atoms with van der Waals surface area (Å²) in [5, 5.41) is 10.3. The summed E-state index contributed by atoms with van der Waals surface area (Å²) in [7, 11) is 3.82. The monoisotopic (exact) mass is 228 g/mol. The quantitative estimate of drug-likeness (QED) is 0.452. The lowest BCUT2D eigenvalue weighted by Crippen LogP contribution is -2.17. The Morgan fingerprint density at radius 1 is 1.53 bits per heavy atom. The molecule has 0 aliphatic carbocycles. The van der Waals surface area contributed by atoms with Gasteiger partial charge in [-0.3, -0.25) is 10.1 Å². The first kappa shape index (κ1) is 11.9. The molecule has 0 bridgehead atoms. The minimum Gasteiger partial charge on any atom is -0.308 e. The van der Waals surface area contributed by atoms with Crippen LogP contribution in [0.1, 0.15) is 10.9 Å². The largest absolute Gasteiger partial charge is 0.308 e. The lowest BCUT2D eigenvalue weighted by molar-refractivity contribution is -0.384. The topological polar surface area (TPSA) is 46.4 Å². The van der Waals surface area contributed by atoms with Crippen LogP contribution in [-0.2, 0) is 0 Å². The van der Waals surface area contributed by atoms with Gasteiger partial charge in [0.2, 0.25) is 0 Å². The Morgan fingerprint density at radius 3 is 2.73 bits per heavy atom. The van der Waals surface area contributed by atoms with Crippen LogP contribution in [0.5, 0.6) is 0 Å². The first-order valence-electron chi connectivity index (χ1n) is 4.54. The van der Waals surface area contributed by atoms with E-state index in [2.05, 4.69) is 0 Å². The van der Waals surface area contributed by atoms with Gasteiger partial charge in [-0.15, -0.1) is 11.6 Å². The molecule has 1 rings (SSSR count). The molecule has 0 saturated heterocycles. The molecule has 0 aromatic heterocycles. The number of benzene rings is 1. The highest BCUT2D eigenvalue weighted by atomic mass is 35.5. The number of nitrogens with zero attached hydrogens (tertiary/aromatic N) is 2. The Kier molecular flexibility index (Phi) is 4.05. The number of non-ortho nitro benzene ring substituents is 1. The summed E-state index contributed by atoms with van der Waals surface area (Å²) in [6, 6.07) is 6.43. The number of nitro benzene ring substituents is 1. The number of hydrogen-bond donors (Lipinski definition) is 0. The van der Waals surface area contributed by atoms with Crippen LogP contribution in [0.3, 0.4) is 0 Å². The van der Waals surface area contributed by atoms with Crippen molar-refractivity contribution in [2.24, 2.45) is 0 Å². The maximum atomic E-state index is 10.6. The molecule has 1 atom stereocenters. The zero-order valence-electron chi connectivity index (χ0n) is 8.68. The average molecular weight is 229 g/mol. The van der Waals surface area contributed by atoms with Gasteiger partial charge in [0.1, 0.15) is 0 Å². The molecule has 0 saturated carbocycles. The smallest absolute Gasteiger partial charge is 0.269 e. The Morgan fingerprint density at radius 2 is 2.20 bits per heavy atom. The number of likely N-dealkylation sites (N-methyl/N-ethyl adjacent to an activating group) is 1. The molecule has 5 heteroatoms. The Labute approximate surface area is 93.6 Å². The van der Waals surface area contributed by atoms with Crippen LogP contribution in [0.15, 0.2) is 24.3 Å². The van der Waals surface area contributed by atoms with Gasteiger partial charge in [-0.2, -0.15) is 0 Å². The van der Waals surface area contributed by atoms with Crippen LogP contribution in [0, 0.1) is 10.1 Å². The molecule has 0 amide bonds. The molecule has 0 radical (unpaired) electrons. The van der Waals surface area contributed by atoms with Crippen molar-refractivity contribution in [2.75, 3.05) is 20.6 Å². The van der Waals surface area contributed by atoms with E-state index >= 15 is 0 Å². The van der Waals surface area contributed by atoms with Crippen molar-refractivity contribution in [3.05, 3.63) is 39.9 Å². The summed E-state index contributed by atoms with van der Waals surface area (Å²) in [4.78, 5) is 12.1. The molecule has 0 heterocycles. The average Bonchev–Trinajstić information content (AvgIpc) is 2.17. The van der Waals surface area contributed by atoms with Crippen molar-refractivity contribution in [1.29, 1.82) is 0 Å². The van der Waals surface area contributed by atoms with E-state index in [1.807, 2.05) is 19.0 Å². The fourth-order valence-corrected chi connectivity index (χ4v) is 1.67. The molecule has 0 aliphatic heterocycles. The van der Waals surface area contributed by atoms with E-state index in [4.69, 9.17) is 11.6 Å². The first-order valence-corrected chi connectivity index (χ1v) is 4.97. The number of halogens is 1. The third kappa shape index (κ3) is 3.49. The van der Waals surface area contributed by atoms with Crippen LogP contribution in [0.25, 0.3) is 0 Å². The molecule has 82 valence electrons. The van der Waals surface area contributed by atoms with Crippen LogP contribution in [0.2, 0.25) is 0 Å². The van der Waals surface area contributed by atoms with Crippen molar-refractivity contribution >= 4 is 17.3 Å². The molecule has 1 aromatic rings. The van der Waals surface area contributed by atoms with Gasteiger partial charge >= 0.3 is 0 Å². The molecule has 1 unspecified atom stereocenters. The minimum absolute atomic E-state index is 0.0805. The third-order valence-electron chi connectivity index (χ3n) is 1.97. The molecule has 15 heavy (non-hydrogen) atoms. The second kappa shape index (κ2) is 5.09. The van der Waals surface area contributed by atoms with Crippen LogP contribution in [0.4, 0.5) is 5.69 Å². The third-order valence-corrected chi connectivity index (χ3v) is 2.36. The Hall–Kier alpha value is -1.13. The van der Waals surface area contributed by atoms with Crippen molar-refractivity contribution in [2.45, 2.75) is 5.38 Å². The van der Waals surface area contributed by atoms with E-state index in [1.165, 1.54) is 12.1 Å². The molecule has 0 fully saturated rings. The van der Waals surface area contributed by atoms with Gasteiger partial charge in [-0.25, -0.2) is 0 Å². The van der Waals surface area contributed by atoms with Gasteiger partial charge in [0.15, 0.2) is 0 Å². The van der Waals surface area contributed by atoms with Crippen molar-refractivity contribution in [1.82, 2.24) is 4.90 Å². The van der Waals surface area contributed by atoms with Crippen molar-refractivity contribution in [3.63, 3.8) is 0 Å². The lowest BCUT2D eigenvalue weighted by Gasteiger charge is -2.14. The second-order valence-electron chi connectivity index (χ2n) is 3.58. The van der Waals surface area contributed by atoms with Gasteiger partial charge in [0, 0.05) is 18.7 Å². The summed E-state index contributed by atoms with van der Waals surface area (Å²) in [5.41, 5.74) is 0.858. The van der Waals surface area contributed by atoms with E-state index in [0.717, 1.165) is 5.56 Å². The van der Waals surface area contributed by atoms with E-state index in [1.54, 1.807) is 12.1 Å². The zero-order chi connectivity index (χ0) is 11.4. The van der Waals surface area contributed by atoms with E-state index in [-0.39, 0.29) is 11.1 Å². The molecule has 1 aromatic carbocycles. The molecule has 4 nitrogen and oxygen atoms in total. The maximum Gasteiger partial charge on any atom is 0.269 e. The van der Waals surface area contributed by atoms with Gasteiger partial charge in [0.05, 0.1) is 10.3 Å². The summed E-state index contributed by atoms with van der Waals surface area (Å²) in [6.45, 7) is 0.655. The predicted molar refractivity (Wildman–Crippen MR) is 60.2 cm³/mol. The number of alkyl halides is 1. The van der Waals surface area contributed by atoms with E-state index < -0.39 is 4.92 Å². The number of hydrogen-bond acceptors (Lipinski definition) is 3. The maximum absolute atomic E-state index is 10.6. The summed E-state index contributed by atoms with van der Waals surface area (Å²) in [5.74, 6) is 0. The minimum atomic E-state index is -0.414. The standard InChI is InChI=1S/C10H13ClN2O2/c1-12(2)7-10(11)8-4-3-5-9(6-8)13(14)15/h3-6,10H,7H2,1-2H3. The fraction of sp³-hybridized carbons (Fsp3) is 0.400. The second-order valence-corrected chi connectivity index (χ2v) is 4.11. The van der Waals surface area contributed by atoms with Crippen molar-refractivity contribution in [3.8, 4) is 0 Å². The molecular weight excluding hydrogens is 216 g/mol. The fourth-order valence-electron chi connectivity index (χ4n) is 1.26. The Bertz CT molecular complexity index is 355. The summed E-state index contributed by atoms with van der Waals surface area (Å²) < 4.78 is 0. The molecule has 0 N–H and O–H groups in total. The van der Waals surface area contributed by atoms with Gasteiger partial charge < -0.3 is 4.90 Å². The van der Waals surface area contributed by atoms with Gasteiger partial charge in [-0.1, -0.05) is 12.1 Å². The summed E-state index contributed by atoms with van der Waals surface area (Å²) in [6.07, 6.45) is 0. The predicted octanol–water partition coefficient (Wildman–Crippen LogP) is 2.44. The number of rotatable bonds is 4. The SMILES string of the molecule is CN(C)CC(Cl)c1cccc([N+](=O)[O-])c1. The normalized spacial score (nSPS) is 12.8. The van der Waals surface area contributed by atoms with Crippen molar-refractivity contribution < 1.29 is 4.92 Å². The van der Waals surface area contributed by atoms with Crippen LogP contribution < -0.4 is 0 Å². The van der Waals surface area contributed by atoms with Crippen LogP contribution >= 0.6 is 11.6 Å². The molecular formula is C10H13ClN2O2. The van der Waals surface area contributed by atoms with Crippen LogP contribution in [-0.4, -0.2) is 30.5 Å². The highest BCUT2D eigenvalue weighted by Gasteiger charge is 2.12. The van der Waals surface area contributed by atoms with Gasteiger partial charge in [-0.05, 0) is 19.7 Å². The van der Waals surface area contributed by atoms with E-state index in [0.29, 0.717) is 6.54 Å². The zero-order valence-corrected chi connectivity index (χ0v) is 9.44. The highest BCUT2D eigenvalue weighted by Crippen LogP contribution is 2.24. The first-order chi connectivity index (χ1) is 7.00. The lowest BCUT2D eigenvalue weighted by atomic mass is 10.1. The molecule has 0 aliphatic rings. The Balaban J connectivity index is 2.85. The summed E-state index contributed by atoms with van der Waals surface area (Å²) >= 11 is 6.11. The molecule has 0 spiro atoms. The highest BCUT2D eigenvalue weighted by molar-refractivity contribution is 6.21. The van der Waals surface area contributed by atoms with E-state index in [9.17, 15) is 10.1 Å². The number of nitro groups is 1. The van der Waals surface area contributed by atoms with Gasteiger partial charge in [0.25, 0.3) is 5.69 Å².